The van der Waals surface area contributed by atoms with Crippen LogP contribution in [0, 0.1) is 0 Å². The summed E-state index contributed by atoms with van der Waals surface area (Å²) in [5.41, 5.74) is 0. The molecule has 0 aromatic carbocycles. The molecule has 0 bridgehead atoms. The van der Waals surface area contributed by atoms with Gasteiger partial charge in [-0.3, -0.25) is 0 Å². The summed E-state index contributed by atoms with van der Waals surface area (Å²) < 4.78 is 6.28. The van der Waals surface area contributed by atoms with E-state index in [-0.39, 0.29) is 0 Å². The Morgan fingerprint density at radius 2 is 2.25 bits per heavy atom. The molecular formula is C13H25NOS. The van der Waals surface area contributed by atoms with E-state index in [2.05, 4.69) is 30.3 Å². The molecule has 16 heavy (non-hydrogen) atoms. The van der Waals surface area contributed by atoms with Crippen LogP contribution in [0.4, 0.5) is 0 Å². The van der Waals surface area contributed by atoms with E-state index in [0.29, 0.717) is 16.9 Å². The number of ether oxygens (including phenoxy) is 1. The van der Waals surface area contributed by atoms with Gasteiger partial charge in [-0.25, -0.2) is 0 Å². The van der Waals surface area contributed by atoms with Crippen LogP contribution in [0.3, 0.4) is 0 Å². The number of hydrogen-bond acceptors (Lipinski definition) is 3. The van der Waals surface area contributed by atoms with Gasteiger partial charge < -0.3 is 10.1 Å². The first kappa shape index (κ1) is 12.7. The van der Waals surface area contributed by atoms with E-state index in [9.17, 15) is 0 Å². The molecule has 2 atom stereocenters. The summed E-state index contributed by atoms with van der Waals surface area (Å²) in [6, 6.07) is 0.698. The standard InChI is InChI=1S/C13H25NOS/c1-3-12-9-11(5-8-15-12)14-10-13(16-2)6-4-7-13/h11-12,14H,3-10H2,1-2H3. The summed E-state index contributed by atoms with van der Waals surface area (Å²) in [6.45, 7) is 4.38. The zero-order valence-electron chi connectivity index (χ0n) is 10.6. The molecule has 1 saturated carbocycles. The quantitative estimate of drug-likeness (QED) is 0.802. The Kier molecular flexibility index (Phi) is 4.57. The predicted molar refractivity (Wildman–Crippen MR) is 71.2 cm³/mol. The lowest BCUT2D eigenvalue weighted by Gasteiger charge is -2.42. The van der Waals surface area contributed by atoms with Gasteiger partial charge in [-0.2, -0.15) is 11.8 Å². The molecule has 2 rings (SSSR count). The van der Waals surface area contributed by atoms with Crippen LogP contribution < -0.4 is 5.32 Å². The maximum absolute atomic E-state index is 5.71. The lowest BCUT2D eigenvalue weighted by Crippen LogP contribution is -2.48. The highest BCUT2D eigenvalue weighted by atomic mass is 32.2. The highest BCUT2D eigenvalue weighted by Gasteiger charge is 2.36. The smallest absolute Gasteiger partial charge is 0.0587 e. The predicted octanol–water partition coefficient (Wildman–Crippen LogP) is 2.82. The summed E-state index contributed by atoms with van der Waals surface area (Å²) in [5, 5.41) is 3.78. The second-order valence-corrected chi connectivity index (χ2v) is 6.52. The van der Waals surface area contributed by atoms with Gasteiger partial charge in [0.05, 0.1) is 6.10 Å². The fourth-order valence-electron chi connectivity index (χ4n) is 2.70. The topological polar surface area (TPSA) is 21.3 Å². The number of rotatable bonds is 5. The van der Waals surface area contributed by atoms with Crippen LogP contribution in [0.15, 0.2) is 0 Å². The van der Waals surface area contributed by atoms with E-state index in [0.717, 1.165) is 13.0 Å². The molecule has 94 valence electrons. The molecule has 2 aliphatic rings. The normalized spacial score (nSPS) is 33.4. The van der Waals surface area contributed by atoms with Crippen molar-refractivity contribution in [3.05, 3.63) is 0 Å². The molecular weight excluding hydrogens is 218 g/mol. The van der Waals surface area contributed by atoms with Crippen LogP contribution in [0.25, 0.3) is 0 Å². The van der Waals surface area contributed by atoms with E-state index < -0.39 is 0 Å². The number of thioether (sulfide) groups is 1. The molecule has 1 N–H and O–H groups in total. The van der Waals surface area contributed by atoms with E-state index in [4.69, 9.17) is 4.74 Å². The third kappa shape index (κ3) is 2.93. The Morgan fingerprint density at radius 1 is 1.44 bits per heavy atom. The molecule has 3 heteroatoms. The average molecular weight is 243 g/mol. The highest BCUT2D eigenvalue weighted by Crippen LogP contribution is 2.42. The van der Waals surface area contributed by atoms with Gasteiger partial charge in [0.1, 0.15) is 0 Å². The fourth-order valence-corrected chi connectivity index (χ4v) is 3.63. The monoisotopic (exact) mass is 243 g/mol. The molecule has 2 nitrogen and oxygen atoms in total. The summed E-state index contributed by atoms with van der Waals surface area (Å²) in [5.74, 6) is 0. The van der Waals surface area contributed by atoms with Gasteiger partial charge in [0.2, 0.25) is 0 Å². The summed E-state index contributed by atoms with van der Waals surface area (Å²) in [4.78, 5) is 0. The Balaban J connectivity index is 1.72. The minimum Gasteiger partial charge on any atom is -0.378 e. The molecule has 1 saturated heterocycles. The van der Waals surface area contributed by atoms with Gasteiger partial charge in [0.15, 0.2) is 0 Å². The minimum absolute atomic E-state index is 0.498. The molecule has 0 spiro atoms. The van der Waals surface area contributed by atoms with Gasteiger partial charge in [0, 0.05) is 23.9 Å². The summed E-state index contributed by atoms with van der Waals surface area (Å²) >= 11 is 2.06. The van der Waals surface area contributed by atoms with E-state index >= 15 is 0 Å². The van der Waals surface area contributed by atoms with Gasteiger partial charge in [-0.1, -0.05) is 13.3 Å². The molecule has 2 fully saturated rings. The van der Waals surface area contributed by atoms with Gasteiger partial charge in [0.25, 0.3) is 0 Å². The molecule has 1 aliphatic carbocycles. The van der Waals surface area contributed by atoms with Crippen molar-refractivity contribution < 1.29 is 4.74 Å². The van der Waals surface area contributed by atoms with Crippen molar-refractivity contribution in [3.8, 4) is 0 Å². The zero-order valence-corrected chi connectivity index (χ0v) is 11.4. The maximum Gasteiger partial charge on any atom is 0.0587 e. The molecule has 1 aliphatic heterocycles. The van der Waals surface area contributed by atoms with Crippen molar-refractivity contribution in [2.45, 2.75) is 62.3 Å². The third-order valence-corrected chi connectivity index (χ3v) is 5.65. The molecule has 0 aromatic rings. The van der Waals surface area contributed by atoms with Gasteiger partial charge >= 0.3 is 0 Å². The van der Waals surface area contributed by atoms with Crippen LogP contribution in [-0.4, -0.2) is 36.3 Å². The van der Waals surface area contributed by atoms with Crippen LogP contribution >= 0.6 is 11.8 Å². The van der Waals surface area contributed by atoms with E-state index in [1.165, 1.54) is 38.6 Å². The van der Waals surface area contributed by atoms with Crippen LogP contribution in [0.2, 0.25) is 0 Å². The Hall–Kier alpha value is 0.270. The summed E-state index contributed by atoms with van der Waals surface area (Å²) in [6.07, 6.45) is 10.6. The minimum atomic E-state index is 0.498. The van der Waals surface area contributed by atoms with E-state index in [1.54, 1.807) is 0 Å². The Bertz CT molecular complexity index is 212. The number of nitrogens with one attached hydrogen (secondary N) is 1. The summed E-state index contributed by atoms with van der Waals surface area (Å²) in [7, 11) is 0. The molecule has 1 heterocycles. The van der Waals surface area contributed by atoms with Gasteiger partial charge in [-0.15, -0.1) is 0 Å². The molecule has 0 aromatic heterocycles. The van der Waals surface area contributed by atoms with Crippen LogP contribution in [0.5, 0.6) is 0 Å². The largest absolute Gasteiger partial charge is 0.378 e. The van der Waals surface area contributed by atoms with Crippen molar-refractivity contribution in [2.75, 3.05) is 19.4 Å². The first-order valence-electron chi connectivity index (χ1n) is 6.68. The van der Waals surface area contributed by atoms with Gasteiger partial charge in [-0.05, 0) is 38.4 Å². The molecule has 2 unspecified atom stereocenters. The Labute approximate surface area is 104 Å². The molecule has 0 amide bonds. The van der Waals surface area contributed by atoms with Crippen LogP contribution in [-0.2, 0) is 4.74 Å². The highest BCUT2D eigenvalue weighted by molar-refractivity contribution is 8.00. The second-order valence-electron chi connectivity index (χ2n) is 5.24. The van der Waals surface area contributed by atoms with Crippen LogP contribution in [0.1, 0.15) is 45.4 Å². The Morgan fingerprint density at radius 3 is 2.81 bits per heavy atom. The molecule has 0 radical (unpaired) electrons. The van der Waals surface area contributed by atoms with Crippen molar-refractivity contribution in [2.24, 2.45) is 0 Å². The lowest BCUT2D eigenvalue weighted by atomic mass is 9.84. The zero-order chi connectivity index (χ0) is 11.4. The van der Waals surface area contributed by atoms with Crippen molar-refractivity contribution in [1.82, 2.24) is 5.32 Å². The first-order chi connectivity index (χ1) is 7.78. The first-order valence-corrected chi connectivity index (χ1v) is 7.90. The number of hydrogen-bond donors (Lipinski definition) is 1. The SMILES string of the molecule is CCC1CC(NCC2(SC)CCC2)CCO1. The fraction of sp³-hybridized carbons (Fsp3) is 1.00. The average Bonchev–Trinajstić information content (AvgIpc) is 2.29. The third-order valence-electron chi connectivity index (χ3n) is 4.23. The second kappa shape index (κ2) is 5.74. The van der Waals surface area contributed by atoms with Crippen molar-refractivity contribution in [3.63, 3.8) is 0 Å². The van der Waals surface area contributed by atoms with Crippen molar-refractivity contribution >= 4 is 11.8 Å². The van der Waals surface area contributed by atoms with Crippen molar-refractivity contribution in [1.29, 1.82) is 0 Å². The van der Waals surface area contributed by atoms with E-state index in [1.807, 2.05) is 0 Å². The maximum atomic E-state index is 5.71. The lowest BCUT2D eigenvalue weighted by molar-refractivity contribution is -0.000759.